The second kappa shape index (κ2) is 9.87. The quantitative estimate of drug-likeness (QED) is 0.562. The molecule has 1 aliphatic rings. The maximum absolute atomic E-state index is 13.1. The third-order valence-electron chi connectivity index (χ3n) is 4.83. The molecule has 3 aromatic rings. The summed E-state index contributed by atoms with van der Waals surface area (Å²) in [5.74, 6) is 1.05. The van der Waals surface area contributed by atoms with Crippen molar-refractivity contribution >= 4 is 47.4 Å². The topological polar surface area (TPSA) is 69.8 Å². The second-order valence-corrected chi connectivity index (χ2v) is 6.77. The zero-order valence-corrected chi connectivity index (χ0v) is 16.8. The number of halogens is 3. The van der Waals surface area contributed by atoms with E-state index >= 15 is 0 Å². The van der Waals surface area contributed by atoms with Crippen molar-refractivity contribution < 1.29 is 9.18 Å². The van der Waals surface area contributed by atoms with Crippen molar-refractivity contribution in [1.29, 1.82) is 0 Å². The first-order valence-corrected chi connectivity index (χ1v) is 8.94. The summed E-state index contributed by atoms with van der Waals surface area (Å²) < 4.78 is 13.1. The molecule has 150 valence electrons. The molecule has 3 N–H and O–H groups in total. The van der Waals surface area contributed by atoms with Crippen LogP contribution in [0.2, 0.25) is 0 Å². The minimum Gasteiger partial charge on any atom is -0.338 e. The largest absolute Gasteiger partial charge is 0.338 e. The smallest absolute Gasteiger partial charge is 0.224 e. The molecule has 1 fully saturated rings. The summed E-state index contributed by atoms with van der Waals surface area (Å²) in [4.78, 5) is 19.9. The maximum atomic E-state index is 13.1. The van der Waals surface area contributed by atoms with E-state index in [1.165, 1.54) is 12.1 Å². The molecule has 2 heterocycles. The highest BCUT2D eigenvalue weighted by Crippen LogP contribution is 2.23. The number of carbonyl (C=O) groups excluding carboxylic acids is 1. The van der Waals surface area contributed by atoms with Crippen LogP contribution >= 0.6 is 24.8 Å². The van der Waals surface area contributed by atoms with Gasteiger partial charge in [-0.25, -0.2) is 9.37 Å². The van der Waals surface area contributed by atoms with Crippen LogP contribution in [0.15, 0.2) is 42.5 Å². The van der Waals surface area contributed by atoms with Gasteiger partial charge in [-0.2, -0.15) is 0 Å². The van der Waals surface area contributed by atoms with Gasteiger partial charge in [0, 0.05) is 17.7 Å². The lowest BCUT2D eigenvalue weighted by Crippen LogP contribution is -2.14. The molecule has 2 aromatic carbocycles. The van der Waals surface area contributed by atoms with Gasteiger partial charge in [0.15, 0.2) is 0 Å². The molecule has 1 saturated heterocycles. The Bertz CT molecular complexity index is 924. The number of hydrogen-bond donors (Lipinski definition) is 3. The van der Waals surface area contributed by atoms with E-state index in [0.29, 0.717) is 18.2 Å². The normalized spacial score (nSPS) is 15.7. The molecule has 4 rings (SSSR count). The maximum Gasteiger partial charge on any atom is 0.224 e. The number of amides is 1. The van der Waals surface area contributed by atoms with E-state index < -0.39 is 0 Å². The van der Waals surface area contributed by atoms with E-state index in [1.807, 2.05) is 18.2 Å². The van der Waals surface area contributed by atoms with E-state index in [0.717, 1.165) is 48.2 Å². The molecule has 0 radical (unpaired) electrons. The molecule has 1 amide bonds. The zero-order valence-electron chi connectivity index (χ0n) is 15.2. The molecule has 5 nitrogen and oxygen atoms in total. The number of fused-ring (bicyclic) bond motifs is 1. The predicted octanol–water partition coefficient (Wildman–Crippen LogP) is 4.54. The summed E-state index contributed by atoms with van der Waals surface area (Å²) >= 11 is 0. The standard InChI is InChI=1S/C20H21FN4O.2ClH/c21-15-4-2-14(3-5-15)20-24-17-7-6-16(11-18(17)25-20)23-19(26)8-1-13-9-10-22-12-13;;/h2-7,11,13,22H,1,8-10,12H2,(H,23,26)(H,24,25);2*1H. The summed E-state index contributed by atoms with van der Waals surface area (Å²) in [7, 11) is 0. The fourth-order valence-corrected chi connectivity index (χ4v) is 3.35. The Morgan fingerprint density at radius 2 is 1.96 bits per heavy atom. The summed E-state index contributed by atoms with van der Waals surface area (Å²) in [6, 6.07) is 11.8. The third-order valence-corrected chi connectivity index (χ3v) is 4.83. The second-order valence-electron chi connectivity index (χ2n) is 6.77. The Labute approximate surface area is 175 Å². The molecule has 0 spiro atoms. The number of nitrogens with one attached hydrogen (secondary N) is 3. The van der Waals surface area contributed by atoms with Crippen molar-refractivity contribution in [3.63, 3.8) is 0 Å². The van der Waals surface area contributed by atoms with Gasteiger partial charge in [-0.15, -0.1) is 24.8 Å². The fourth-order valence-electron chi connectivity index (χ4n) is 3.35. The Morgan fingerprint density at radius 1 is 1.18 bits per heavy atom. The number of aromatic amines is 1. The molecule has 1 unspecified atom stereocenters. The van der Waals surface area contributed by atoms with Crippen LogP contribution in [-0.4, -0.2) is 29.0 Å². The van der Waals surface area contributed by atoms with Crippen LogP contribution in [0.3, 0.4) is 0 Å². The van der Waals surface area contributed by atoms with Crippen molar-refractivity contribution in [2.24, 2.45) is 5.92 Å². The average molecular weight is 425 g/mol. The molecule has 1 aliphatic heterocycles. The Balaban J connectivity index is 0.00000140. The third kappa shape index (κ3) is 5.22. The van der Waals surface area contributed by atoms with Gasteiger partial charge in [-0.05, 0) is 74.3 Å². The van der Waals surface area contributed by atoms with Crippen molar-refractivity contribution in [2.45, 2.75) is 19.3 Å². The Morgan fingerprint density at radius 3 is 2.68 bits per heavy atom. The van der Waals surface area contributed by atoms with Gasteiger partial charge in [0.05, 0.1) is 11.0 Å². The first kappa shape index (κ1) is 22.1. The predicted molar refractivity (Wildman–Crippen MR) is 115 cm³/mol. The molecule has 8 heteroatoms. The number of nitrogens with zero attached hydrogens (tertiary/aromatic N) is 1. The van der Waals surface area contributed by atoms with Gasteiger partial charge < -0.3 is 15.6 Å². The van der Waals surface area contributed by atoms with Gasteiger partial charge in [-0.3, -0.25) is 4.79 Å². The van der Waals surface area contributed by atoms with Crippen molar-refractivity contribution in [1.82, 2.24) is 15.3 Å². The lowest BCUT2D eigenvalue weighted by Gasteiger charge is -2.08. The van der Waals surface area contributed by atoms with Crippen LogP contribution in [0.5, 0.6) is 0 Å². The van der Waals surface area contributed by atoms with Gasteiger partial charge in [0.25, 0.3) is 0 Å². The molecule has 0 aliphatic carbocycles. The van der Waals surface area contributed by atoms with Crippen molar-refractivity contribution in [3.8, 4) is 11.4 Å². The highest BCUT2D eigenvalue weighted by atomic mass is 35.5. The number of imidazole rings is 1. The van der Waals surface area contributed by atoms with Crippen LogP contribution in [0.4, 0.5) is 10.1 Å². The van der Waals surface area contributed by atoms with E-state index in [4.69, 9.17) is 0 Å². The summed E-state index contributed by atoms with van der Waals surface area (Å²) in [5, 5.41) is 6.28. The van der Waals surface area contributed by atoms with Crippen LogP contribution in [0, 0.1) is 11.7 Å². The number of H-pyrrole nitrogens is 1. The van der Waals surface area contributed by atoms with Crippen molar-refractivity contribution in [2.75, 3.05) is 18.4 Å². The molecule has 28 heavy (non-hydrogen) atoms. The number of benzene rings is 2. The fraction of sp³-hybridized carbons (Fsp3) is 0.300. The summed E-state index contributed by atoms with van der Waals surface area (Å²) in [6.45, 7) is 2.07. The molecule has 1 aromatic heterocycles. The van der Waals surface area contributed by atoms with Crippen LogP contribution < -0.4 is 10.6 Å². The Hall–Kier alpha value is -2.15. The van der Waals surface area contributed by atoms with Gasteiger partial charge in [-0.1, -0.05) is 0 Å². The highest BCUT2D eigenvalue weighted by Gasteiger charge is 2.16. The molecule has 0 saturated carbocycles. The summed E-state index contributed by atoms with van der Waals surface area (Å²) in [6.07, 6.45) is 2.60. The molecule has 1 atom stereocenters. The highest BCUT2D eigenvalue weighted by molar-refractivity contribution is 5.93. The van der Waals surface area contributed by atoms with E-state index in [-0.39, 0.29) is 36.5 Å². The molecular formula is C20H23Cl2FN4O. The number of aromatic nitrogens is 2. The Kier molecular flexibility index (Phi) is 7.80. The lowest BCUT2D eigenvalue weighted by molar-refractivity contribution is -0.116. The van der Waals surface area contributed by atoms with E-state index in [2.05, 4.69) is 20.6 Å². The van der Waals surface area contributed by atoms with Crippen LogP contribution in [0.1, 0.15) is 19.3 Å². The monoisotopic (exact) mass is 424 g/mol. The number of anilines is 1. The first-order valence-electron chi connectivity index (χ1n) is 8.94. The molecular weight excluding hydrogens is 402 g/mol. The van der Waals surface area contributed by atoms with Gasteiger partial charge >= 0.3 is 0 Å². The minimum absolute atomic E-state index is 0. The number of hydrogen-bond acceptors (Lipinski definition) is 3. The van der Waals surface area contributed by atoms with Gasteiger partial charge in [0.2, 0.25) is 5.91 Å². The van der Waals surface area contributed by atoms with Crippen LogP contribution in [-0.2, 0) is 4.79 Å². The van der Waals surface area contributed by atoms with Crippen molar-refractivity contribution in [3.05, 3.63) is 48.3 Å². The van der Waals surface area contributed by atoms with E-state index in [9.17, 15) is 9.18 Å². The SMILES string of the molecule is Cl.Cl.O=C(CCC1CCNC1)Nc1ccc2nc(-c3ccc(F)cc3)[nH]c2c1. The lowest BCUT2D eigenvalue weighted by atomic mass is 10.0. The van der Waals surface area contributed by atoms with E-state index in [1.54, 1.807) is 12.1 Å². The number of carbonyl (C=O) groups is 1. The first-order chi connectivity index (χ1) is 12.7. The van der Waals surface area contributed by atoms with Crippen LogP contribution in [0.25, 0.3) is 22.4 Å². The van der Waals surface area contributed by atoms with Gasteiger partial charge in [0.1, 0.15) is 11.6 Å². The zero-order chi connectivity index (χ0) is 17.9. The molecule has 0 bridgehead atoms. The number of rotatable bonds is 5. The average Bonchev–Trinajstić information content (AvgIpc) is 3.30. The minimum atomic E-state index is -0.275. The summed E-state index contributed by atoms with van der Waals surface area (Å²) in [5.41, 5.74) is 3.21.